The number of esters is 1. The van der Waals surface area contributed by atoms with Crippen molar-refractivity contribution in [1.29, 1.82) is 0 Å². The topological polar surface area (TPSA) is 146 Å². The molecule has 2 amide bonds. The van der Waals surface area contributed by atoms with Gasteiger partial charge in [-0.2, -0.15) is 0 Å². The van der Waals surface area contributed by atoms with Crippen LogP contribution in [-0.4, -0.2) is 64.5 Å². The normalized spacial score (nSPS) is 13.9. The molecule has 12 heteroatoms. The smallest absolute Gasteiger partial charge is 0.410 e. The number of carbonyl (C=O) groups is 3. The summed E-state index contributed by atoms with van der Waals surface area (Å²) in [6.45, 7) is 11.7. The molecule has 2 N–H and O–H groups in total. The predicted octanol–water partition coefficient (Wildman–Crippen LogP) is 9.58. The van der Waals surface area contributed by atoms with Crippen molar-refractivity contribution in [2.75, 3.05) is 13.7 Å². The Labute approximate surface area is 370 Å². The van der Waals surface area contributed by atoms with Gasteiger partial charge >= 0.3 is 18.2 Å². The first kappa shape index (κ1) is 46.1. The van der Waals surface area contributed by atoms with Crippen molar-refractivity contribution >= 4 is 18.2 Å². The van der Waals surface area contributed by atoms with E-state index in [4.69, 9.17) is 23.7 Å². The van der Waals surface area contributed by atoms with Crippen LogP contribution in [0.1, 0.15) is 103 Å². The quantitative estimate of drug-likeness (QED) is 0.0646. The molecule has 2 atom stereocenters. The van der Waals surface area contributed by atoms with Gasteiger partial charge in [-0.1, -0.05) is 105 Å². The van der Waals surface area contributed by atoms with Gasteiger partial charge in [-0.25, -0.2) is 19.4 Å². The van der Waals surface area contributed by atoms with E-state index in [0.717, 1.165) is 33.4 Å². The molecule has 0 radical (unpaired) electrons. The number of pyridine rings is 1. The minimum absolute atomic E-state index is 0.0695. The first-order valence-corrected chi connectivity index (χ1v) is 21.4. The second-order valence-corrected chi connectivity index (χ2v) is 17.3. The fraction of sp³-hybridized carbons (Fsp3) is 0.373. The van der Waals surface area contributed by atoms with Crippen molar-refractivity contribution in [2.45, 2.75) is 110 Å². The van der Waals surface area contributed by atoms with E-state index in [2.05, 4.69) is 36.3 Å². The third-order valence-corrected chi connectivity index (χ3v) is 10.9. The molecule has 1 aliphatic rings. The Kier molecular flexibility index (Phi) is 15.1. The molecule has 12 nitrogen and oxygen atoms in total. The number of nitrogens with one attached hydrogen (secondary N) is 1. The minimum Gasteiger partial charge on any atom is -0.489 e. The van der Waals surface area contributed by atoms with Gasteiger partial charge in [0, 0.05) is 11.8 Å². The highest BCUT2D eigenvalue weighted by Gasteiger charge is 2.53. The molecule has 1 heterocycles. The number of hydrogen-bond donors (Lipinski definition) is 2. The average molecular weight is 858 g/mol. The zero-order valence-corrected chi connectivity index (χ0v) is 37.3. The highest BCUT2D eigenvalue weighted by molar-refractivity contribution is 5.89. The summed E-state index contributed by atoms with van der Waals surface area (Å²) in [5, 5.41) is 15.1. The summed E-state index contributed by atoms with van der Waals surface area (Å²) in [5.41, 5.74) is 5.01. The van der Waals surface area contributed by atoms with E-state index >= 15 is 0 Å². The standard InChI is InChI=1S/C51H59N3O9/c1-34(2)38-20-14-21-42(28-38)51(23-24-51)54(49(58)62-31-36-15-9-8-10-16-36)30-45(55)44(53-48(57)63-50(4,5)6)27-37-17-13-22-43(26-37)60-32-39-18-11-12-19-40(39)33-61-46-29-41(47(56)59-7)25-35(3)52-46/h8-22,25-26,28-29,34,44-45,55H,23-24,27,30-33H2,1-7H3,(H,53,57)/t44-,45+/m0/s1. The van der Waals surface area contributed by atoms with Crippen LogP contribution in [0, 0.1) is 6.92 Å². The Balaban J connectivity index is 1.20. The van der Waals surface area contributed by atoms with Crippen LogP contribution >= 0.6 is 0 Å². The number of ether oxygens (including phenoxy) is 5. The molecular formula is C51H59N3O9. The monoisotopic (exact) mass is 857 g/mol. The summed E-state index contributed by atoms with van der Waals surface area (Å²) in [7, 11) is 1.33. The van der Waals surface area contributed by atoms with E-state index in [1.165, 1.54) is 7.11 Å². The number of aromatic nitrogens is 1. The van der Waals surface area contributed by atoms with Crippen LogP contribution < -0.4 is 14.8 Å². The molecule has 6 rings (SSSR count). The number of nitrogens with zero attached hydrogens (tertiary/aromatic N) is 2. The second kappa shape index (κ2) is 20.6. The molecule has 0 aliphatic heterocycles. The van der Waals surface area contributed by atoms with E-state index in [1.54, 1.807) is 44.7 Å². The van der Waals surface area contributed by atoms with Crippen LogP contribution in [0.3, 0.4) is 0 Å². The molecule has 1 aliphatic carbocycles. The zero-order valence-electron chi connectivity index (χ0n) is 37.3. The van der Waals surface area contributed by atoms with Crippen molar-refractivity contribution in [3.63, 3.8) is 0 Å². The van der Waals surface area contributed by atoms with Gasteiger partial charge in [0.1, 0.15) is 31.2 Å². The minimum atomic E-state index is -1.23. The van der Waals surface area contributed by atoms with Crippen molar-refractivity contribution in [3.05, 3.63) is 160 Å². The van der Waals surface area contributed by atoms with E-state index in [-0.39, 0.29) is 38.7 Å². The van der Waals surface area contributed by atoms with Crippen molar-refractivity contribution in [1.82, 2.24) is 15.2 Å². The number of alkyl carbamates (subject to hydrolysis) is 1. The number of hydrogen-bond acceptors (Lipinski definition) is 10. The van der Waals surface area contributed by atoms with Crippen LogP contribution in [0.25, 0.3) is 0 Å². The maximum absolute atomic E-state index is 14.2. The fourth-order valence-corrected chi connectivity index (χ4v) is 7.41. The van der Waals surface area contributed by atoms with E-state index in [1.807, 2.05) is 91.0 Å². The average Bonchev–Trinajstić information content (AvgIpc) is 4.07. The number of carbonyl (C=O) groups excluding carboxylic acids is 3. The predicted molar refractivity (Wildman–Crippen MR) is 240 cm³/mol. The molecule has 5 aromatic rings. The summed E-state index contributed by atoms with van der Waals surface area (Å²) in [6, 6.07) is 35.2. The molecular weight excluding hydrogens is 799 g/mol. The van der Waals surface area contributed by atoms with Gasteiger partial charge in [0.05, 0.1) is 36.9 Å². The molecule has 0 saturated heterocycles. The molecule has 63 heavy (non-hydrogen) atoms. The first-order chi connectivity index (χ1) is 30.1. The summed E-state index contributed by atoms with van der Waals surface area (Å²) in [5.74, 6) is 0.681. The Morgan fingerprint density at radius 2 is 1.48 bits per heavy atom. The van der Waals surface area contributed by atoms with Crippen molar-refractivity contribution < 1.29 is 43.2 Å². The van der Waals surface area contributed by atoms with E-state index in [0.29, 0.717) is 35.7 Å². The molecule has 1 saturated carbocycles. The SMILES string of the molecule is COC(=O)c1cc(C)nc(OCc2ccccc2COc2cccc(C[C@H](NC(=O)OC(C)(C)C)[C@H](O)CN(C(=O)OCc3ccccc3)C3(c4cccc(C(C)C)c4)CC3)c2)c1. The van der Waals surface area contributed by atoms with Gasteiger partial charge in [0.25, 0.3) is 0 Å². The maximum Gasteiger partial charge on any atom is 0.410 e. The largest absolute Gasteiger partial charge is 0.489 e. The number of rotatable bonds is 18. The number of aliphatic hydroxyl groups is 1. The number of methoxy groups -OCH3 is 1. The van der Waals surface area contributed by atoms with Gasteiger partial charge in [-0.15, -0.1) is 0 Å². The van der Waals surface area contributed by atoms with Gasteiger partial charge in [0.2, 0.25) is 5.88 Å². The number of aliphatic hydroxyl groups excluding tert-OH is 1. The van der Waals surface area contributed by atoms with Crippen LogP contribution in [0.4, 0.5) is 9.59 Å². The number of amides is 2. The van der Waals surface area contributed by atoms with Crippen molar-refractivity contribution in [3.8, 4) is 11.6 Å². The van der Waals surface area contributed by atoms with E-state index < -0.39 is 41.4 Å². The zero-order chi connectivity index (χ0) is 45.1. The van der Waals surface area contributed by atoms with Gasteiger partial charge < -0.3 is 34.1 Å². The fourth-order valence-electron chi connectivity index (χ4n) is 7.41. The van der Waals surface area contributed by atoms with Gasteiger partial charge in [-0.05, 0) is 104 Å². The lowest BCUT2D eigenvalue weighted by molar-refractivity contribution is 0.0230. The van der Waals surface area contributed by atoms with Crippen LogP contribution in [0.5, 0.6) is 11.6 Å². The first-order valence-electron chi connectivity index (χ1n) is 21.4. The number of benzene rings is 4. The number of aryl methyl sites for hydroxylation is 1. The molecule has 1 fully saturated rings. The van der Waals surface area contributed by atoms with Crippen LogP contribution in [-0.2, 0) is 46.0 Å². The molecule has 0 spiro atoms. The molecule has 0 unspecified atom stereocenters. The Morgan fingerprint density at radius 1 is 0.810 bits per heavy atom. The highest BCUT2D eigenvalue weighted by Crippen LogP contribution is 2.52. The molecule has 4 aromatic carbocycles. The van der Waals surface area contributed by atoms with Crippen LogP contribution in [0.15, 0.2) is 115 Å². The highest BCUT2D eigenvalue weighted by atomic mass is 16.6. The van der Waals surface area contributed by atoms with Crippen LogP contribution in [0.2, 0.25) is 0 Å². The third-order valence-electron chi connectivity index (χ3n) is 10.9. The Hall–Kier alpha value is -6.40. The summed E-state index contributed by atoms with van der Waals surface area (Å²) < 4.78 is 28.8. The molecule has 1 aromatic heterocycles. The summed E-state index contributed by atoms with van der Waals surface area (Å²) in [4.78, 5) is 45.7. The maximum atomic E-state index is 14.2. The summed E-state index contributed by atoms with van der Waals surface area (Å²) in [6.07, 6.45) is -0.885. The third kappa shape index (κ3) is 12.8. The van der Waals surface area contributed by atoms with Gasteiger partial charge in [0.15, 0.2) is 0 Å². The lowest BCUT2D eigenvalue weighted by Crippen LogP contribution is -2.53. The lowest BCUT2D eigenvalue weighted by Gasteiger charge is -2.36. The molecule has 332 valence electrons. The molecule has 0 bridgehead atoms. The van der Waals surface area contributed by atoms with Crippen molar-refractivity contribution in [2.24, 2.45) is 0 Å². The second-order valence-electron chi connectivity index (χ2n) is 17.3. The Morgan fingerprint density at radius 3 is 2.14 bits per heavy atom. The van der Waals surface area contributed by atoms with Gasteiger partial charge in [-0.3, -0.25) is 4.90 Å². The Bertz CT molecular complexity index is 2340. The lowest BCUT2D eigenvalue weighted by atomic mass is 9.94. The van der Waals surface area contributed by atoms with E-state index in [9.17, 15) is 19.5 Å². The summed E-state index contributed by atoms with van der Waals surface area (Å²) >= 11 is 0.